The predicted molar refractivity (Wildman–Crippen MR) is 70.9 cm³/mol. The molecule has 0 aromatic heterocycles. The van der Waals surface area contributed by atoms with Crippen LogP contribution in [0.15, 0.2) is 30.3 Å². The van der Waals surface area contributed by atoms with Gasteiger partial charge in [0.1, 0.15) is 6.04 Å². The van der Waals surface area contributed by atoms with Gasteiger partial charge in [-0.2, -0.15) is 0 Å². The number of nitrogens with zero attached hydrogens (tertiary/aromatic N) is 1. The summed E-state index contributed by atoms with van der Waals surface area (Å²) in [6.07, 6.45) is -0.0395. The summed E-state index contributed by atoms with van der Waals surface area (Å²) in [5, 5.41) is 11.2. The minimum atomic E-state index is -0.985. The summed E-state index contributed by atoms with van der Waals surface area (Å²) in [5.74, 6) is -1.35. The maximum Gasteiger partial charge on any atom is 0.325 e. The molecule has 6 heteroatoms. The molecule has 2 atom stereocenters. The number of carboxylic acid groups (broad SMARTS) is 1. The third kappa shape index (κ3) is 2.79. The zero-order valence-electron chi connectivity index (χ0n) is 11.1. The maximum absolute atomic E-state index is 12.2. The standard InChI is InChI=1S/C14H16N2O4/c1-9(10-5-3-2-4-6-10)16-13(19)11(15-14(16)20)7-8-12(17)18/h2-6,9,11H,7-8H2,1H3,(H,15,20)(H,17,18)/t9?,11-/m0/s1. The van der Waals surface area contributed by atoms with Gasteiger partial charge in [-0.05, 0) is 18.9 Å². The van der Waals surface area contributed by atoms with Crippen molar-refractivity contribution in [2.24, 2.45) is 0 Å². The molecule has 1 unspecified atom stereocenters. The van der Waals surface area contributed by atoms with E-state index in [-0.39, 0.29) is 24.8 Å². The minimum Gasteiger partial charge on any atom is -0.481 e. The van der Waals surface area contributed by atoms with E-state index >= 15 is 0 Å². The molecule has 1 heterocycles. The molecule has 1 saturated heterocycles. The molecule has 20 heavy (non-hydrogen) atoms. The molecular formula is C14H16N2O4. The fraction of sp³-hybridized carbons (Fsp3) is 0.357. The van der Waals surface area contributed by atoms with Crippen molar-refractivity contribution in [3.05, 3.63) is 35.9 Å². The van der Waals surface area contributed by atoms with Crippen LogP contribution in [-0.2, 0) is 9.59 Å². The van der Waals surface area contributed by atoms with E-state index in [4.69, 9.17) is 5.11 Å². The Kier molecular flexibility index (Phi) is 4.02. The smallest absolute Gasteiger partial charge is 0.325 e. The fourth-order valence-corrected chi connectivity index (χ4v) is 2.26. The van der Waals surface area contributed by atoms with Crippen molar-refractivity contribution < 1.29 is 19.5 Å². The number of amides is 3. The van der Waals surface area contributed by atoms with E-state index in [1.165, 1.54) is 0 Å². The van der Waals surface area contributed by atoms with Crippen LogP contribution in [0.2, 0.25) is 0 Å². The van der Waals surface area contributed by atoms with Crippen LogP contribution < -0.4 is 5.32 Å². The van der Waals surface area contributed by atoms with Crippen LogP contribution in [0.4, 0.5) is 4.79 Å². The monoisotopic (exact) mass is 276 g/mol. The number of carboxylic acids is 1. The van der Waals surface area contributed by atoms with Crippen molar-refractivity contribution >= 4 is 17.9 Å². The molecular weight excluding hydrogens is 260 g/mol. The number of aliphatic carboxylic acids is 1. The lowest BCUT2D eigenvalue weighted by Gasteiger charge is -2.21. The minimum absolute atomic E-state index is 0.109. The summed E-state index contributed by atoms with van der Waals surface area (Å²) in [4.78, 5) is 35.8. The summed E-state index contributed by atoms with van der Waals surface area (Å²) >= 11 is 0. The SMILES string of the molecule is CC(c1ccccc1)N1C(=O)N[C@@H](CCC(=O)O)C1=O. The average Bonchev–Trinajstić information content (AvgIpc) is 2.71. The molecule has 0 saturated carbocycles. The van der Waals surface area contributed by atoms with Crippen LogP contribution in [0.5, 0.6) is 0 Å². The first-order valence-electron chi connectivity index (χ1n) is 6.41. The Morgan fingerprint density at radius 1 is 1.35 bits per heavy atom. The van der Waals surface area contributed by atoms with E-state index in [2.05, 4.69) is 5.32 Å². The van der Waals surface area contributed by atoms with Crippen LogP contribution in [0.25, 0.3) is 0 Å². The van der Waals surface area contributed by atoms with Gasteiger partial charge in [-0.15, -0.1) is 0 Å². The van der Waals surface area contributed by atoms with Gasteiger partial charge < -0.3 is 10.4 Å². The molecule has 1 aliphatic heterocycles. The number of benzene rings is 1. The summed E-state index contributed by atoms with van der Waals surface area (Å²) < 4.78 is 0. The fourth-order valence-electron chi connectivity index (χ4n) is 2.26. The number of hydrogen-bond donors (Lipinski definition) is 2. The molecule has 1 aromatic rings. The Morgan fingerprint density at radius 2 is 2.00 bits per heavy atom. The molecule has 106 valence electrons. The van der Waals surface area contributed by atoms with E-state index in [9.17, 15) is 14.4 Å². The van der Waals surface area contributed by atoms with E-state index in [0.717, 1.165) is 10.5 Å². The maximum atomic E-state index is 12.2. The summed E-state index contributed by atoms with van der Waals surface area (Å²) in [6, 6.07) is 7.63. The second-order valence-electron chi connectivity index (χ2n) is 4.73. The van der Waals surface area contributed by atoms with Crippen molar-refractivity contribution in [2.45, 2.75) is 31.8 Å². The number of carbonyl (C=O) groups is 3. The van der Waals surface area contributed by atoms with Gasteiger partial charge in [-0.25, -0.2) is 4.79 Å². The van der Waals surface area contributed by atoms with Crippen LogP contribution in [-0.4, -0.2) is 34.0 Å². The average molecular weight is 276 g/mol. The van der Waals surface area contributed by atoms with Crippen molar-refractivity contribution in [2.75, 3.05) is 0 Å². The molecule has 6 nitrogen and oxygen atoms in total. The van der Waals surface area contributed by atoms with E-state index in [0.29, 0.717) is 0 Å². The number of nitrogens with one attached hydrogen (secondary N) is 1. The van der Waals surface area contributed by atoms with Gasteiger partial charge in [-0.3, -0.25) is 14.5 Å². The molecule has 1 aliphatic rings. The third-order valence-electron chi connectivity index (χ3n) is 3.37. The Balaban J connectivity index is 2.11. The Labute approximate surface area is 116 Å². The van der Waals surface area contributed by atoms with Crippen LogP contribution in [0, 0.1) is 0 Å². The molecule has 2 rings (SSSR count). The lowest BCUT2D eigenvalue weighted by molar-refractivity contribution is -0.137. The first kappa shape index (κ1) is 14.0. The molecule has 0 spiro atoms. The van der Waals surface area contributed by atoms with Gasteiger partial charge in [-0.1, -0.05) is 30.3 Å². The highest BCUT2D eigenvalue weighted by molar-refractivity contribution is 6.04. The molecule has 0 radical (unpaired) electrons. The zero-order chi connectivity index (χ0) is 14.7. The molecule has 1 aromatic carbocycles. The molecule has 0 bridgehead atoms. The van der Waals surface area contributed by atoms with E-state index in [1.807, 2.05) is 30.3 Å². The van der Waals surface area contributed by atoms with Gasteiger partial charge in [0.05, 0.1) is 6.04 Å². The highest BCUT2D eigenvalue weighted by Crippen LogP contribution is 2.25. The molecule has 3 amide bonds. The van der Waals surface area contributed by atoms with Gasteiger partial charge in [0.2, 0.25) is 0 Å². The van der Waals surface area contributed by atoms with Crippen LogP contribution in [0.1, 0.15) is 31.4 Å². The van der Waals surface area contributed by atoms with Crippen LogP contribution >= 0.6 is 0 Å². The summed E-state index contributed by atoms with van der Waals surface area (Å²) in [5.41, 5.74) is 0.856. The summed E-state index contributed by atoms with van der Waals surface area (Å²) in [7, 11) is 0. The first-order valence-corrected chi connectivity index (χ1v) is 6.41. The zero-order valence-corrected chi connectivity index (χ0v) is 11.1. The second-order valence-corrected chi connectivity index (χ2v) is 4.73. The van der Waals surface area contributed by atoms with Gasteiger partial charge in [0.25, 0.3) is 5.91 Å². The third-order valence-corrected chi connectivity index (χ3v) is 3.37. The number of carbonyl (C=O) groups excluding carboxylic acids is 2. The van der Waals surface area contributed by atoms with E-state index in [1.54, 1.807) is 6.92 Å². The lowest BCUT2D eigenvalue weighted by Crippen LogP contribution is -2.34. The number of rotatable bonds is 5. The van der Waals surface area contributed by atoms with Crippen molar-refractivity contribution in [3.8, 4) is 0 Å². The second kappa shape index (κ2) is 5.73. The predicted octanol–water partition coefficient (Wildman–Crippen LogP) is 1.53. The van der Waals surface area contributed by atoms with E-state index < -0.39 is 18.0 Å². The van der Waals surface area contributed by atoms with Gasteiger partial charge in [0.15, 0.2) is 0 Å². The summed E-state index contributed by atoms with van der Waals surface area (Å²) in [6.45, 7) is 1.77. The van der Waals surface area contributed by atoms with Gasteiger partial charge >= 0.3 is 12.0 Å². The highest BCUT2D eigenvalue weighted by Gasteiger charge is 2.40. The Bertz CT molecular complexity index is 529. The van der Waals surface area contributed by atoms with Crippen molar-refractivity contribution in [3.63, 3.8) is 0 Å². The van der Waals surface area contributed by atoms with Gasteiger partial charge in [0, 0.05) is 6.42 Å². The molecule has 2 N–H and O–H groups in total. The largest absolute Gasteiger partial charge is 0.481 e. The first-order chi connectivity index (χ1) is 9.50. The van der Waals surface area contributed by atoms with Crippen LogP contribution in [0.3, 0.4) is 0 Å². The van der Waals surface area contributed by atoms with Crippen molar-refractivity contribution in [1.29, 1.82) is 0 Å². The highest BCUT2D eigenvalue weighted by atomic mass is 16.4. The quantitative estimate of drug-likeness (QED) is 0.798. The normalized spacial score (nSPS) is 19.9. The number of hydrogen-bond acceptors (Lipinski definition) is 3. The molecule has 0 aliphatic carbocycles. The molecule has 1 fully saturated rings. The lowest BCUT2D eigenvalue weighted by atomic mass is 10.1. The Hall–Kier alpha value is -2.37. The topological polar surface area (TPSA) is 86.7 Å². The number of imide groups is 1. The Morgan fingerprint density at radius 3 is 2.60 bits per heavy atom. The van der Waals surface area contributed by atoms with Crippen molar-refractivity contribution in [1.82, 2.24) is 10.2 Å². The number of urea groups is 1.